The Morgan fingerprint density at radius 3 is 2.95 bits per heavy atom. The third-order valence-electron chi connectivity index (χ3n) is 3.17. The van der Waals surface area contributed by atoms with Crippen LogP contribution in [0.4, 0.5) is 5.95 Å². The molecule has 2 rings (SSSR count). The molecule has 0 amide bonds. The summed E-state index contributed by atoms with van der Waals surface area (Å²) in [6.45, 7) is 3.20. The summed E-state index contributed by atoms with van der Waals surface area (Å²) in [5.41, 5.74) is 0.527. The summed E-state index contributed by atoms with van der Waals surface area (Å²) < 4.78 is 5.16. The van der Waals surface area contributed by atoms with Crippen LogP contribution in [-0.2, 0) is 4.74 Å². The number of carbonyl (C=O) groups is 1. The summed E-state index contributed by atoms with van der Waals surface area (Å²) in [5.74, 6) is -0.502. The van der Waals surface area contributed by atoms with Crippen molar-refractivity contribution in [1.82, 2.24) is 9.97 Å². The van der Waals surface area contributed by atoms with Crippen molar-refractivity contribution in [3.05, 3.63) is 17.5 Å². The molecule has 0 spiro atoms. The Morgan fingerprint density at radius 2 is 2.37 bits per heavy atom. The second-order valence-corrected chi connectivity index (χ2v) is 4.58. The van der Waals surface area contributed by atoms with Crippen LogP contribution >= 0.6 is 0 Å². The van der Waals surface area contributed by atoms with Gasteiger partial charge in [-0.3, -0.25) is 0 Å². The molecule has 2 atom stereocenters. The lowest BCUT2D eigenvalue weighted by Crippen LogP contribution is -2.21. The predicted octanol–water partition coefficient (Wildman–Crippen LogP) is 0.293. The Balaban J connectivity index is 1.86. The Hall–Kier alpha value is -1.73. The molecule has 0 saturated carbocycles. The summed E-state index contributed by atoms with van der Waals surface area (Å²) in [6, 6.07) is 0. The second kappa shape index (κ2) is 5.94. The molecule has 2 heterocycles. The highest BCUT2D eigenvalue weighted by atomic mass is 16.5. The first kappa shape index (κ1) is 13.7. The van der Waals surface area contributed by atoms with Crippen molar-refractivity contribution in [2.75, 3.05) is 25.1 Å². The highest BCUT2D eigenvalue weighted by Gasteiger charge is 2.25. The summed E-state index contributed by atoms with van der Waals surface area (Å²) in [4.78, 5) is 18.8. The number of aliphatic hydroxyl groups is 1. The molecule has 1 aliphatic rings. The number of aliphatic hydroxyl groups excluding tert-OH is 1. The molecule has 1 aromatic heterocycles. The molecule has 0 bridgehead atoms. The lowest BCUT2D eigenvalue weighted by Gasteiger charge is -2.12. The van der Waals surface area contributed by atoms with Gasteiger partial charge >= 0.3 is 5.97 Å². The summed E-state index contributed by atoms with van der Waals surface area (Å²) in [6.07, 6.45) is 1.64. The van der Waals surface area contributed by atoms with E-state index in [0.29, 0.717) is 31.4 Å². The van der Waals surface area contributed by atoms with Gasteiger partial charge in [-0.05, 0) is 13.3 Å². The van der Waals surface area contributed by atoms with E-state index < -0.39 is 12.1 Å². The van der Waals surface area contributed by atoms with Gasteiger partial charge in [0, 0.05) is 18.7 Å². The van der Waals surface area contributed by atoms with Crippen molar-refractivity contribution >= 4 is 11.9 Å². The van der Waals surface area contributed by atoms with Crippen LogP contribution in [0.5, 0.6) is 0 Å². The molecular weight excluding hydrogens is 250 g/mol. The van der Waals surface area contributed by atoms with Crippen LogP contribution < -0.4 is 5.32 Å². The molecule has 3 N–H and O–H groups in total. The number of carboxylic acid groups (broad SMARTS) is 1. The van der Waals surface area contributed by atoms with Gasteiger partial charge in [-0.25, -0.2) is 14.8 Å². The third-order valence-corrected chi connectivity index (χ3v) is 3.17. The van der Waals surface area contributed by atoms with Crippen LogP contribution in [-0.4, -0.2) is 52.0 Å². The maximum Gasteiger partial charge on any atom is 0.339 e. The van der Waals surface area contributed by atoms with E-state index in [1.807, 2.05) is 0 Å². The number of carboxylic acids is 1. The molecule has 1 saturated heterocycles. The van der Waals surface area contributed by atoms with Gasteiger partial charge < -0.3 is 20.3 Å². The van der Waals surface area contributed by atoms with Gasteiger partial charge in [0.2, 0.25) is 5.95 Å². The standard InChI is InChI=1S/C12H17N3O4/c1-7-9(11(17)18)4-14-12(15-7)13-3-2-8-5-19-6-10(8)16/h4,8,10,16H,2-3,5-6H2,1H3,(H,17,18)(H,13,14,15)/t8-,10-/m1/s1. The van der Waals surface area contributed by atoms with E-state index in [4.69, 9.17) is 9.84 Å². The van der Waals surface area contributed by atoms with Crippen LogP contribution in [0.1, 0.15) is 22.5 Å². The van der Waals surface area contributed by atoms with E-state index in [9.17, 15) is 9.90 Å². The van der Waals surface area contributed by atoms with E-state index in [1.165, 1.54) is 6.20 Å². The minimum atomic E-state index is -1.03. The van der Waals surface area contributed by atoms with Crippen LogP contribution in [0.3, 0.4) is 0 Å². The van der Waals surface area contributed by atoms with E-state index >= 15 is 0 Å². The average molecular weight is 267 g/mol. The number of aromatic nitrogens is 2. The zero-order chi connectivity index (χ0) is 13.8. The molecule has 1 fully saturated rings. The van der Waals surface area contributed by atoms with Crippen molar-refractivity contribution in [3.63, 3.8) is 0 Å². The number of nitrogens with zero attached hydrogens (tertiary/aromatic N) is 2. The lowest BCUT2D eigenvalue weighted by molar-refractivity contribution is 0.0695. The number of rotatable bonds is 5. The van der Waals surface area contributed by atoms with E-state index in [1.54, 1.807) is 6.92 Å². The zero-order valence-electron chi connectivity index (χ0n) is 10.7. The van der Waals surface area contributed by atoms with E-state index in [0.717, 1.165) is 6.42 Å². The number of hydrogen-bond donors (Lipinski definition) is 3. The maximum atomic E-state index is 10.8. The number of nitrogens with one attached hydrogen (secondary N) is 1. The SMILES string of the molecule is Cc1nc(NCC[C@@H]2COC[C@H]2O)ncc1C(=O)O. The van der Waals surface area contributed by atoms with E-state index in [-0.39, 0.29) is 11.5 Å². The summed E-state index contributed by atoms with van der Waals surface area (Å²) >= 11 is 0. The third kappa shape index (κ3) is 3.39. The molecule has 0 aliphatic carbocycles. The minimum Gasteiger partial charge on any atom is -0.478 e. The molecule has 7 nitrogen and oxygen atoms in total. The monoisotopic (exact) mass is 267 g/mol. The highest BCUT2D eigenvalue weighted by Crippen LogP contribution is 2.17. The largest absolute Gasteiger partial charge is 0.478 e. The minimum absolute atomic E-state index is 0.102. The molecule has 0 aromatic carbocycles. The quantitative estimate of drug-likeness (QED) is 0.704. The Morgan fingerprint density at radius 1 is 1.58 bits per heavy atom. The molecule has 1 aliphatic heterocycles. The maximum absolute atomic E-state index is 10.8. The van der Waals surface area contributed by atoms with Gasteiger partial charge in [-0.15, -0.1) is 0 Å². The average Bonchev–Trinajstić information content (AvgIpc) is 2.75. The first-order chi connectivity index (χ1) is 9.08. The number of anilines is 1. The van der Waals surface area contributed by atoms with Crippen LogP contribution in [0, 0.1) is 12.8 Å². The number of hydrogen-bond acceptors (Lipinski definition) is 6. The molecule has 104 valence electrons. The van der Waals surface area contributed by atoms with Gasteiger partial charge in [0.25, 0.3) is 0 Å². The number of aryl methyl sites for hydroxylation is 1. The van der Waals surface area contributed by atoms with Gasteiger partial charge in [-0.1, -0.05) is 0 Å². The molecule has 19 heavy (non-hydrogen) atoms. The molecule has 1 aromatic rings. The van der Waals surface area contributed by atoms with Crippen molar-refractivity contribution in [3.8, 4) is 0 Å². The smallest absolute Gasteiger partial charge is 0.339 e. The first-order valence-corrected chi connectivity index (χ1v) is 6.14. The lowest BCUT2D eigenvalue weighted by atomic mass is 10.0. The first-order valence-electron chi connectivity index (χ1n) is 6.14. The fourth-order valence-electron chi connectivity index (χ4n) is 1.99. The predicted molar refractivity (Wildman–Crippen MR) is 67.2 cm³/mol. The molecule has 7 heteroatoms. The Labute approximate surface area is 110 Å². The number of aromatic carboxylic acids is 1. The fraction of sp³-hybridized carbons (Fsp3) is 0.583. The van der Waals surface area contributed by atoms with Gasteiger partial charge in [0.15, 0.2) is 0 Å². The number of ether oxygens (including phenoxy) is 1. The molecular formula is C12H17N3O4. The van der Waals surface area contributed by atoms with E-state index in [2.05, 4.69) is 15.3 Å². The van der Waals surface area contributed by atoms with Crippen molar-refractivity contribution in [1.29, 1.82) is 0 Å². The van der Waals surface area contributed by atoms with Crippen molar-refractivity contribution < 1.29 is 19.7 Å². The van der Waals surface area contributed by atoms with Gasteiger partial charge in [-0.2, -0.15) is 0 Å². The van der Waals surface area contributed by atoms with Crippen LogP contribution in [0.2, 0.25) is 0 Å². The fourth-order valence-corrected chi connectivity index (χ4v) is 1.99. The highest BCUT2D eigenvalue weighted by molar-refractivity contribution is 5.88. The molecule has 0 radical (unpaired) electrons. The van der Waals surface area contributed by atoms with Gasteiger partial charge in [0.1, 0.15) is 0 Å². The summed E-state index contributed by atoms with van der Waals surface area (Å²) in [5, 5.41) is 21.5. The van der Waals surface area contributed by atoms with Gasteiger partial charge in [0.05, 0.1) is 30.6 Å². The van der Waals surface area contributed by atoms with Crippen LogP contribution in [0.25, 0.3) is 0 Å². The van der Waals surface area contributed by atoms with Crippen LogP contribution in [0.15, 0.2) is 6.20 Å². The normalized spacial score (nSPS) is 22.4. The second-order valence-electron chi connectivity index (χ2n) is 4.58. The topological polar surface area (TPSA) is 105 Å². The Kier molecular flexibility index (Phi) is 4.28. The molecule has 0 unspecified atom stereocenters. The zero-order valence-corrected chi connectivity index (χ0v) is 10.7. The Bertz CT molecular complexity index is 466. The van der Waals surface area contributed by atoms with Crippen molar-refractivity contribution in [2.45, 2.75) is 19.4 Å². The van der Waals surface area contributed by atoms with Crippen molar-refractivity contribution in [2.24, 2.45) is 5.92 Å². The summed E-state index contributed by atoms with van der Waals surface area (Å²) in [7, 11) is 0.